The Morgan fingerprint density at radius 2 is 1.05 bits per heavy atom. The molecule has 0 aliphatic rings. The van der Waals surface area contributed by atoms with Gasteiger partial charge in [0, 0.05) is 25.3 Å². The van der Waals surface area contributed by atoms with Gasteiger partial charge in [-0.2, -0.15) is 9.97 Å². The van der Waals surface area contributed by atoms with Crippen molar-refractivity contribution in [3.63, 3.8) is 0 Å². The monoisotopic (exact) mass is 919 g/mol. The average Bonchev–Trinajstić information content (AvgIpc) is 3.24. The molecule has 20 heteroatoms. The Hall–Kier alpha value is -6.14. The topological polar surface area (TPSA) is 220 Å². The molecule has 0 aliphatic heterocycles. The second kappa shape index (κ2) is 22.2. The molecular formula is C45H62N9O10P. The number of hydrogen-bond acceptors (Lipinski definition) is 18. The molecular weight excluding hydrogens is 858 g/mol. The Morgan fingerprint density at radius 1 is 0.600 bits per heavy atom. The zero-order valence-corrected chi connectivity index (χ0v) is 40.0. The Morgan fingerprint density at radius 3 is 1.48 bits per heavy atom. The Kier molecular flexibility index (Phi) is 17.0. The summed E-state index contributed by atoms with van der Waals surface area (Å²) >= 11 is 0. The van der Waals surface area contributed by atoms with E-state index >= 15 is 0 Å². The molecule has 2 heterocycles. The third-order valence-corrected chi connectivity index (χ3v) is 11.0. The van der Waals surface area contributed by atoms with Gasteiger partial charge in [0.2, 0.25) is 11.9 Å². The first-order chi connectivity index (χ1) is 30.8. The van der Waals surface area contributed by atoms with Gasteiger partial charge in [0.25, 0.3) is 0 Å². The van der Waals surface area contributed by atoms with Crippen molar-refractivity contribution in [1.29, 1.82) is 0 Å². The van der Waals surface area contributed by atoms with Crippen LogP contribution in [0.3, 0.4) is 0 Å². The Labute approximate surface area is 380 Å². The lowest BCUT2D eigenvalue weighted by molar-refractivity contribution is -0.00649. The van der Waals surface area contributed by atoms with Gasteiger partial charge in [-0.25, -0.2) is 19.3 Å². The summed E-state index contributed by atoms with van der Waals surface area (Å²) in [5, 5.41) is 16.0. The fourth-order valence-corrected chi connectivity index (χ4v) is 8.11. The van der Waals surface area contributed by atoms with Gasteiger partial charge in [0.1, 0.15) is 17.1 Å². The summed E-state index contributed by atoms with van der Waals surface area (Å²) in [7, 11) is 2.25. The van der Waals surface area contributed by atoms with E-state index in [1.807, 2.05) is 54.6 Å². The number of phosphoric acid groups is 1. The van der Waals surface area contributed by atoms with Gasteiger partial charge in [-0.15, -0.1) is 0 Å². The maximum atomic E-state index is 13.9. The van der Waals surface area contributed by atoms with Crippen LogP contribution in [0.4, 0.5) is 34.0 Å². The minimum absolute atomic E-state index is 0.107. The first-order valence-corrected chi connectivity index (χ1v) is 22.4. The number of benzene rings is 3. The van der Waals surface area contributed by atoms with Crippen molar-refractivity contribution in [3.8, 4) is 23.0 Å². The molecule has 0 radical (unpaired) electrons. The first kappa shape index (κ1) is 49.9. The lowest BCUT2D eigenvalue weighted by atomic mass is 10.2. The van der Waals surface area contributed by atoms with Crippen LogP contribution in [0.5, 0.6) is 23.0 Å². The number of methoxy groups -OCH3 is 4. The molecule has 5 rings (SSSR count). The molecule has 0 fully saturated rings. The van der Waals surface area contributed by atoms with E-state index in [1.54, 1.807) is 96.0 Å². The number of para-hydroxylation sites is 1. The van der Waals surface area contributed by atoms with E-state index < -0.39 is 37.3 Å². The molecule has 5 N–H and O–H groups in total. The van der Waals surface area contributed by atoms with Gasteiger partial charge in [-0.05, 0) is 103 Å². The molecule has 0 aliphatic carbocycles. The Balaban J connectivity index is 1.51. The predicted octanol–water partition coefficient (Wildman–Crippen LogP) is 9.28. The van der Waals surface area contributed by atoms with Gasteiger partial charge in [-0.3, -0.25) is 18.9 Å². The molecule has 5 aromatic rings. The molecule has 2 atom stereocenters. The van der Waals surface area contributed by atoms with Crippen LogP contribution in [0.25, 0.3) is 11.0 Å². The molecule has 19 nitrogen and oxygen atoms in total. The summed E-state index contributed by atoms with van der Waals surface area (Å²) < 4.78 is 59.3. The van der Waals surface area contributed by atoms with Crippen LogP contribution in [-0.2, 0) is 36.0 Å². The maximum absolute atomic E-state index is 13.9. The highest BCUT2D eigenvalue weighted by Crippen LogP contribution is 2.56. The number of fused-ring (bicyclic) bond motifs is 1. The molecule has 0 bridgehead atoms. The largest absolute Gasteiger partial charge is 0.493 e. The number of rotatable bonds is 22. The number of hydrogen-bond donors (Lipinski definition) is 5. The van der Waals surface area contributed by atoms with Crippen LogP contribution in [-0.4, -0.2) is 91.0 Å². The van der Waals surface area contributed by atoms with Gasteiger partial charge in [-0.1, -0.05) is 30.3 Å². The average molecular weight is 920 g/mol. The molecule has 2 aromatic heterocycles. The number of aromatic nitrogens is 4. The maximum Gasteiger partial charge on any atom is 0.476 e. The summed E-state index contributed by atoms with van der Waals surface area (Å²) in [6.45, 7) is 15.0. The van der Waals surface area contributed by atoms with E-state index in [9.17, 15) is 9.36 Å². The molecule has 2 unspecified atom stereocenters. The highest BCUT2D eigenvalue weighted by Gasteiger charge is 2.38. The molecule has 65 heavy (non-hydrogen) atoms. The molecule has 1 amide bonds. The van der Waals surface area contributed by atoms with Crippen LogP contribution < -0.4 is 45.5 Å². The number of nitrogens with one attached hydrogen (secondary N) is 5. The summed E-state index contributed by atoms with van der Waals surface area (Å²) in [5.41, 5.74) is 1.41. The fourth-order valence-electron chi connectivity index (χ4n) is 6.13. The highest BCUT2D eigenvalue weighted by atomic mass is 31.2. The van der Waals surface area contributed by atoms with Crippen LogP contribution in [0.1, 0.15) is 66.5 Å². The predicted molar refractivity (Wildman–Crippen MR) is 252 cm³/mol. The molecule has 0 saturated carbocycles. The number of phosphoric ester groups is 1. The number of anilines is 5. The van der Waals surface area contributed by atoms with Crippen molar-refractivity contribution in [2.75, 3.05) is 68.1 Å². The summed E-state index contributed by atoms with van der Waals surface area (Å²) in [5.74, 6) is 3.39. The van der Waals surface area contributed by atoms with Crippen LogP contribution >= 0.6 is 7.82 Å². The standard InChI is InChI=1S/C45H62N9O10P/c1-28(61-43(55)50-32-16-14-13-15-17-32)24-48-41-51-37-38(39(53-41)46-26-30-18-20-33(57-9)35(22-30)59-11)52-42(54-40(37)47-27-31-19-21-34(58-10)36(23-31)60-12)49-25-29(2)62-65(56,63-44(3,4)5)64-45(6,7)8/h13-23,28-29H,24-27H2,1-12H3,(H,50,55)(H2,46,48,51,53)(H2,47,49,52,54). The van der Waals surface area contributed by atoms with Crippen molar-refractivity contribution in [2.45, 2.75) is 91.9 Å². The van der Waals surface area contributed by atoms with Gasteiger partial charge >= 0.3 is 13.9 Å². The van der Waals surface area contributed by atoms with Crippen molar-refractivity contribution in [2.24, 2.45) is 0 Å². The van der Waals surface area contributed by atoms with E-state index in [0.717, 1.165) is 11.1 Å². The first-order valence-electron chi connectivity index (χ1n) is 21.0. The SMILES string of the molecule is COc1ccc(CNc2nc(NCC(C)OP(=O)(OC(C)(C)C)OC(C)(C)C)nc3c(NCc4ccc(OC)c(OC)c4)nc(NCC(C)OC(=O)Nc4ccccc4)nc23)cc1OC. The number of carbonyl (C=O) groups is 1. The lowest BCUT2D eigenvalue weighted by Gasteiger charge is -2.32. The van der Waals surface area contributed by atoms with E-state index in [1.165, 1.54) is 0 Å². The zero-order valence-electron chi connectivity index (χ0n) is 39.2. The molecule has 0 saturated heterocycles. The summed E-state index contributed by atoms with van der Waals surface area (Å²) in [4.78, 5) is 32.2. The lowest BCUT2D eigenvalue weighted by Crippen LogP contribution is -2.28. The number of carbonyl (C=O) groups excluding carboxylic acids is 1. The van der Waals surface area contributed by atoms with E-state index in [4.69, 9.17) is 57.2 Å². The Bertz CT molecular complexity index is 2400. The third kappa shape index (κ3) is 15.2. The van der Waals surface area contributed by atoms with Crippen molar-refractivity contribution < 1.29 is 46.6 Å². The van der Waals surface area contributed by atoms with Crippen molar-refractivity contribution in [1.82, 2.24) is 19.9 Å². The molecule has 3 aromatic carbocycles. The number of amides is 1. The normalized spacial score (nSPS) is 12.7. The number of ether oxygens (including phenoxy) is 5. The van der Waals surface area contributed by atoms with Crippen molar-refractivity contribution in [3.05, 3.63) is 77.9 Å². The van der Waals surface area contributed by atoms with Crippen LogP contribution in [0.15, 0.2) is 66.7 Å². The van der Waals surface area contributed by atoms with Gasteiger partial charge in [0.15, 0.2) is 34.6 Å². The summed E-state index contributed by atoms with van der Waals surface area (Å²) in [6.07, 6.45) is -1.89. The minimum atomic E-state index is -4.04. The van der Waals surface area contributed by atoms with Crippen molar-refractivity contribution >= 4 is 54.2 Å². The minimum Gasteiger partial charge on any atom is -0.493 e. The number of nitrogens with zero attached hydrogens (tertiary/aromatic N) is 4. The highest BCUT2D eigenvalue weighted by molar-refractivity contribution is 7.48. The molecule has 352 valence electrons. The quantitative estimate of drug-likeness (QED) is 0.0408. The fraction of sp³-hybridized carbons (Fsp3) is 0.444. The van der Waals surface area contributed by atoms with E-state index in [2.05, 4.69) is 26.6 Å². The van der Waals surface area contributed by atoms with Crippen LogP contribution in [0, 0.1) is 0 Å². The van der Waals surface area contributed by atoms with Crippen LogP contribution in [0.2, 0.25) is 0 Å². The van der Waals surface area contributed by atoms with E-state index in [0.29, 0.717) is 64.4 Å². The van der Waals surface area contributed by atoms with Gasteiger partial charge < -0.3 is 45.0 Å². The van der Waals surface area contributed by atoms with E-state index in [-0.39, 0.29) is 25.0 Å². The molecule has 0 spiro atoms. The summed E-state index contributed by atoms with van der Waals surface area (Å²) in [6, 6.07) is 20.2. The third-order valence-electron chi connectivity index (χ3n) is 8.86. The second-order valence-corrected chi connectivity index (χ2v) is 18.3. The zero-order chi connectivity index (χ0) is 47.4. The van der Waals surface area contributed by atoms with Gasteiger partial charge in [0.05, 0.1) is 52.3 Å². The smallest absolute Gasteiger partial charge is 0.476 e. The second-order valence-electron chi connectivity index (χ2n) is 16.8.